The molecule has 6 heteroatoms. The maximum absolute atomic E-state index is 12.4. The smallest absolute Gasteiger partial charge is 0.265 e. The predicted molar refractivity (Wildman–Crippen MR) is 102 cm³/mol. The Morgan fingerprint density at radius 1 is 1.19 bits per heavy atom. The molecule has 2 heterocycles. The molecule has 0 saturated heterocycles. The van der Waals surface area contributed by atoms with Gasteiger partial charge >= 0.3 is 0 Å². The van der Waals surface area contributed by atoms with Crippen LogP contribution in [0.1, 0.15) is 25.1 Å². The van der Waals surface area contributed by atoms with Crippen molar-refractivity contribution in [3.05, 3.63) is 60.4 Å². The number of carbonyl (C=O) groups excluding carboxylic acids is 2. The van der Waals surface area contributed by atoms with Crippen molar-refractivity contribution in [2.75, 3.05) is 18.1 Å². The molecular weight excluding hydrogens is 344 g/mol. The van der Waals surface area contributed by atoms with Crippen molar-refractivity contribution < 1.29 is 18.7 Å². The Balaban J connectivity index is 1.39. The van der Waals surface area contributed by atoms with Gasteiger partial charge in [-0.15, -0.1) is 0 Å². The van der Waals surface area contributed by atoms with Crippen molar-refractivity contribution in [3.8, 4) is 5.75 Å². The highest BCUT2D eigenvalue weighted by Crippen LogP contribution is 2.31. The van der Waals surface area contributed by atoms with Crippen molar-refractivity contribution in [3.63, 3.8) is 0 Å². The van der Waals surface area contributed by atoms with Crippen LogP contribution in [0.4, 0.5) is 5.69 Å². The molecule has 1 aliphatic heterocycles. The van der Waals surface area contributed by atoms with Crippen molar-refractivity contribution in [1.82, 2.24) is 5.32 Å². The minimum Gasteiger partial charge on any atom is -0.482 e. The average molecular weight is 364 g/mol. The molecule has 138 valence electrons. The van der Waals surface area contributed by atoms with E-state index < -0.39 is 0 Å². The molecule has 0 bridgehead atoms. The first-order valence-electron chi connectivity index (χ1n) is 8.92. The minimum atomic E-state index is -0.252. The Bertz CT molecular complexity index is 962. The van der Waals surface area contributed by atoms with Gasteiger partial charge in [-0.3, -0.25) is 9.59 Å². The third-order valence-corrected chi connectivity index (χ3v) is 4.62. The number of benzene rings is 2. The second kappa shape index (κ2) is 7.15. The summed E-state index contributed by atoms with van der Waals surface area (Å²) >= 11 is 0. The Morgan fingerprint density at radius 3 is 2.81 bits per heavy atom. The SMILES string of the molecule is C[C@H](NC(=O)CCN1C(=O)COc2ccccc21)c1cc2ccccc2o1. The molecule has 2 aromatic carbocycles. The number of anilines is 1. The number of nitrogens with zero attached hydrogens (tertiary/aromatic N) is 1. The summed E-state index contributed by atoms with van der Waals surface area (Å²) in [6.07, 6.45) is 0.199. The molecule has 2 amide bonds. The molecule has 1 N–H and O–H groups in total. The van der Waals surface area contributed by atoms with E-state index in [2.05, 4.69) is 5.32 Å². The molecule has 0 radical (unpaired) electrons. The van der Waals surface area contributed by atoms with E-state index in [1.54, 1.807) is 4.90 Å². The number of ether oxygens (including phenoxy) is 1. The minimum absolute atomic E-state index is 0.00593. The fraction of sp³-hybridized carbons (Fsp3) is 0.238. The van der Waals surface area contributed by atoms with Gasteiger partial charge in [0, 0.05) is 18.4 Å². The van der Waals surface area contributed by atoms with E-state index >= 15 is 0 Å². The summed E-state index contributed by atoms with van der Waals surface area (Å²) in [6.45, 7) is 2.18. The summed E-state index contributed by atoms with van der Waals surface area (Å²) in [4.78, 5) is 26.1. The highest BCUT2D eigenvalue weighted by molar-refractivity contribution is 5.98. The van der Waals surface area contributed by atoms with Crippen LogP contribution in [0.25, 0.3) is 11.0 Å². The predicted octanol–water partition coefficient (Wildman–Crippen LogP) is 3.43. The normalized spacial score (nSPS) is 14.6. The van der Waals surface area contributed by atoms with Crippen molar-refractivity contribution in [2.24, 2.45) is 0 Å². The molecule has 0 fully saturated rings. The Hall–Kier alpha value is -3.28. The number of furan rings is 1. The fourth-order valence-electron chi connectivity index (χ4n) is 3.21. The fourth-order valence-corrected chi connectivity index (χ4v) is 3.21. The largest absolute Gasteiger partial charge is 0.482 e. The zero-order valence-electron chi connectivity index (χ0n) is 15.0. The van der Waals surface area contributed by atoms with Gasteiger partial charge in [-0.05, 0) is 31.2 Å². The second-order valence-electron chi connectivity index (χ2n) is 6.53. The first-order valence-corrected chi connectivity index (χ1v) is 8.92. The van der Waals surface area contributed by atoms with E-state index in [-0.39, 0.29) is 30.9 Å². The maximum atomic E-state index is 12.4. The lowest BCUT2D eigenvalue weighted by Crippen LogP contribution is -2.41. The van der Waals surface area contributed by atoms with E-state index in [9.17, 15) is 9.59 Å². The summed E-state index contributed by atoms with van der Waals surface area (Å²) in [5.41, 5.74) is 1.50. The van der Waals surface area contributed by atoms with Gasteiger partial charge < -0.3 is 19.4 Å². The van der Waals surface area contributed by atoms with Crippen LogP contribution in [0.15, 0.2) is 59.0 Å². The molecule has 1 aliphatic rings. The first kappa shape index (κ1) is 17.1. The van der Waals surface area contributed by atoms with E-state index in [4.69, 9.17) is 9.15 Å². The lowest BCUT2D eigenvalue weighted by Gasteiger charge is -2.29. The number of carbonyl (C=O) groups is 2. The van der Waals surface area contributed by atoms with Crippen molar-refractivity contribution in [2.45, 2.75) is 19.4 Å². The quantitative estimate of drug-likeness (QED) is 0.753. The van der Waals surface area contributed by atoms with Crippen LogP contribution in [0.3, 0.4) is 0 Å². The number of nitrogens with one attached hydrogen (secondary N) is 1. The number of fused-ring (bicyclic) bond motifs is 2. The molecule has 0 aliphatic carbocycles. The third-order valence-electron chi connectivity index (χ3n) is 4.62. The summed E-state index contributed by atoms with van der Waals surface area (Å²) in [7, 11) is 0. The van der Waals surface area contributed by atoms with Gasteiger partial charge in [-0.25, -0.2) is 0 Å². The number of amides is 2. The van der Waals surface area contributed by atoms with Crippen LogP contribution in [0.5, 0.6) is 5.75 Å². The van der Waals surface area contributed by atoms with Gasteiger partial charge in [-0.2, -0.15) is 0 Å². The van der Waals surface area contributed by atoms with Crippen LogP contribution < -0.4 is 15.0 Å². The van der Waals surface area contributed by atoms with Crippen LogP contribution in [-0.2, 0) is 9.59 Å². The van der Waals surface area contributed by atoms with E-state index in [0.29, 0.717) is 23.7 Å². The van der Waals surface area contributed by atoms with E-state index in [0.717, 1.165) is 11.0 Å². The van der Waals surface area contributed by atoms with Crippen LogP contribution >= 0.6 is 0 Å². The molecule has 0 saturated carbocycles. The summed E-state index contributed by atoms with van der Waals surface area (Å²) in [5, 5.41) is 3.94. The molecule has 1 atom stereocenters. The van der Waals surface area contributed by atoms with E-state index in [1.165, 1.54) is 0 Å². The first-order chi connectivity index (χ1) is 13.1. The van der Waals surface area contributed by atoms with Crippen LogP contribution in [0.2, 0.25) is 0 Å². The number of hydrogen-bond donors (Lipinski definition) is 1. The molecule has 27 heavy (non-hydrogen) atoms. The van der Waals surface area contributed by atoms with Gasteiger partial charge in [0.15, 0.2) is 6.61 Å². The summed E-state index contributed by atoms with van der Waals surface area (Å²) in [6, 6.07) is 16.7. The zero-order chi connectivity index (χ0) is 18.8. The number of hydrogen-bond acceptors (Lipinski definition) is 4. The summed E-state index contributed by atoms with van der Waals surface area (Å²) < 4.78 is 11.2. The van der Waals surface area contributed by atoms with E-state index in [1.807, 2.05) is 61.5 Å². The maximum Gasteiger partial charge on any atom is 0.265 e. The highest BCUT2D eigenvalue weighted by atomic mass is 16.5. The molecule has 6 nitrogen and oxygen atoms in total. The third kappa shape index (κ3) is 3.51. The Labute approximate surface area is 156 Å². The van der Waals surface area contributed by atoms with Gasteiger partial charge in [0.05, 0.1) is 11.7 Å². The topological polar surface area (TPSA) is 71.8 Å². The highest BCUT2D eigenvalue weighted by Gasteiger charge is 2.25. The number of rotatable bonds is 5. The van der Waals surface area contributed by atoms with Gasteiger partial charge in [0.25, 0.3) is 5.91 Å². The zero-order valence-corrected chi connectivity index (χ0v) is 15.0. The molecule has 4 rings (SSSR count). The lowest BCUT2D eigenvalue weighted by molar-refractivity contribution is -0.122. The molecule has 1 aromatic heterocycles. The molecular formula is C21H20N2O4. The van der Waals surface area contributed by atoms with Gasteiger partial charge in [-0.1, -0.05) is 30.3 Å². The van der Waals surface area contributed by atoms with Crippen LogP contribution in [0, 0.1) is 0 Å². The average Bonchev–Trinajstić information content (AvgIpc) is 3.11. The Kier molecular flexibility index (Phi) is 4.54. The lowest BCUT2D eigenvalue weighted by atomic mass is 10.2. The van der Waals surface area contributed by atoms with Crippen molar-refractivity contribution in [1.29, 1.82) is 0 Å². The van der Waals surface area contributed by atoms with Gasteiger partial charge in [0.2, 0.25) is 5.91 Å². The second-order valence-corrected chi connectivity index (χ2v) is 6.53. The standard InChI is InChI=1S/C21H20N2O4/c1-14(19-12-15-6-2-4-8-17(15)27-19)22-20(24)10-11-23-16-7-3-5-9-18(16)26-13-21(23)25/h2-9,12,14H,10-11,13H2,1H3,(H,22,24)/t14-/m0/s1. The van der Waals surface area contributed by atoms with Gasteiger partial charge in [0.1, 0.15) is 17.1 Å². The van der Waals surface area contributed by atoms with Crippen LogP contribution in [-0.4, -0.2) is 25.0 Å². The monoisotopic (exact) mass is 364 g/mol. The molecule has 0 spiro atoms. The molecule has 0 unspecified atom stereocenters. The Morgan fingerprint density at radius 2 is 1.96 bits per heavy atom. The van der Waals surface area contributed by atoms with Crippen molar-refractivity contribution >= 4 is 28.5 Å². The summed E-state index contributed by atoms with van der Waals surface area (Å²) in [5.74, 6) is 1.08. The number of para-hydroxylation sites is 3. The molecule has 3 aromatic rings.